The fourth-order valence-electron chi connectivity index (χ4n) is 1.90. The number of hydrogen-bond acceptors (Lipinski definition) is 2. The molecule has 1 amide bonds. The van der Waals surface area contributed by atoms with E-state index in [1.54, 1.807) is 0 Å². The van der Waals surface area contributed by atoms with E-state index in [2.05, 4.69) is 10.6 Å². The van der Waals surface area contributed by atoms with Crippen LogP contribution in [-0.4, -0.2) is 19.0 Å². The maximum atomic E-state index is 11.8. The van der Waals surface area contributed by atoms with Crippen LogP contribution in [0.4, 0.5) is 0 Å². The summed E-state index contributed by atoms with van der Waals surface area (Å²) in [7, 11) is 0. The summed E-state index contributed by atoms with van der Waals surface area (Å²) in [5, 5.41) is 6.20. The Morgan fingerprint density at radius 3 is 2.87 bits per heavy atom. The molecule has 0 radical (unpaired) electrons. The number of carbonyl (C=O) groups excluding carboxylic acids is 1. The van der Waals surface area contributed by atoms with E-state index in [1.807, 2.05) is 31.2 Å². The van der Waals surface area contributed by atoms with Gasteiger partial charge in [-0.2, -0.15) is 0 Å². The normalized spacial score (nSPS) is 21.9. The van der Waals surface area contributed by atoms with Crippen LogP contribution in [0.15, 0.2) is 24.3 Å². The molecule has 2 N–H and O–H groups in total. The highest BCUT2D eigenvalue weighted by molar-refractivity contribution is 5.83. The van der Waals surface area contributed by atoms with Gasteiger partial charge in [-0.15, -0.1) is 0 Å². The van der Waals surface area contributed by atoms with Gasteiger partial charge in [0, 0.05) is 6.54 Å². The van der Waals surface area contributed by atoms with Crippen molar-refractivity contribution < 1.29 is 4.79 Å². The largest absolute Gasteiger partial charge is 0.354 e. The van der Waals surface area contributed by atoms with Gasteiger partial charge in [-0.1, -0.05) is 24.3 Å². The molecule has 1 unspecified atom stereocenters. The lowest BCUT2D eigenvalue weighted by molar-refractivity contribution is -0.122. The van der Waals surface area contributed by atoms with Crippen molar-refractivity contribution in [3.8, 4) is 0 Å². The number of carbonyl (C=O) groups is 1. The van der Waals surface area contributed by atoms with E-state index in [0.717, 1.165) is 30.6 Å². The Kier molecular flexibility index (Phi) is 3.02. The first-order valence-corrected chi connectivity index (χ1v) is 5.35. The van der Waals surface area contributed by atoms with Gasteiger partial charge in [0.2, 0.25) is 5.91 Å². The Labute approximate surface area is 89.9 Å². The highest BCUT2D eigenvalue weighted by atomic mass is 16.2. The molecular formula is C12H16N2O. The molecule has 1 aromatic rings. The summed E-state index contributed by atoms with van der Waals surface area (Å²) >= 11 is 0. The minimum atomic E-state index is -0.186. The summed E-state index contributed by atoms with van der Waals surface area (Å²) in [6.07, 6.45) is 0.994. The zero-order valence-electron chi connectivity index (χ0n) is 8.92. The first-order valence-electron chi connectivity index (χ1n) is 5.35. The lowest BCUT2D eigenvalue weighted by Gasteiger charge is -2.16. The van der Waals surface area contributed by atoms with Crippen LogP contribution in [0.25, 0.3) is 0 Å². The first-order chi connectivity index (χ1) is 7.29. The van der Waals surface area contributed by atoms with Crippen LogP contribution >= 0.6 is 0 Å². The molecule has 1 atom stereocenters. The molecule has 3 heteroatoms. The second-order valence-electron chi connectivity index (χ2n) is 3.89. The highest BCUT2D eigenvalue weighted by Gasteiger charge is 2.22. The topological polar surface area (TPSA) is 41.1 Å². The number of benzene rings is 1. The highest BCUT2D eigenvalue weighted by Crippen LogP contribution is 2.18. The standard InChI is InChI=1S/C12H16N2O/c1-9-5-2-3-6-10(9)11-12(15)14-8-4-7-13-11/h2-3,5-6,11,13H,4,7-8H2,1H3,(H,14,15). The SMILES string of the molecule is Cc1ccccc1C1NCCCNC1=O. The van der Waals surface area contributed by atoms with E-state index >= 15 is 0 Å². The molecule has 1 saturated heterocycles. The Morgan fingerprint density at radius 2 is 2.07 bits per heavy atom. The van der Waals surface area contributed by atoms with Crippen LogP contribution in [0.2, 0.25) is 0 Å². The molecule has 1 aliphatic rings. The van der Waals surface area contributed by atoms with Crippen molar-refractivity contribution in [1.29, 1.82) is 0 Å². The number of nitrogens with one attached hydrogen (secondary N) is 2. The van der Waals surface area contributed by atoms with Crippen LogP contribution < -0.4 is 10.6 Å². The van der Waals surface area contributed by atoms with E-state index in [1.165, 1.54) is 0 Å². The quantitative estimate of drug-likeness (QED) is 0.720. The van der Waals surface area contributed by atoms with Gasteiger partial charge in [0.15, 0.2) is 0 Å². The molecule has 80 valence electrons. The van der Waals surface area contributed by atoms with Gasteiger partial charge in [0.25, 0.3) is 0 Å². The van der Waals surface area contributed by atoms with Crippen molar-refractivity contribution in [2.24, 2.45) is 0 Å². The summed E-state index contributed by atoms with van der Waals surface area (Å²) in [6.45, 7) is 3.70. The maximum Gasteiger partial charge on any atom is 0.241 e. The fourth-order valence-corrected chi connectivity index (χ4v) is 1.90. The lowest BCUT2D eigenvalue weighted by Crippen LogP contribution is -2.34. The number of rotatable bonds is 1. The average molecular weight is 204 g/mol. The predicted octanol–water partition coefficient (Wildman–Crippen LogP) is 1.15. The second kappa shape index (κ2) is 4.45. The van der Waals surface area contributed by atoms with E-state index in [9.17, 15) is 4.79 Å². The van der Waals surface area contributed by atoms with E-state index in [0.29, 0.717) is 0 Å². The Morgan fingerprint density at radius 1 is 1.27 bits per heavy atom. The Balaban J connectivity index is 2.28. The Hall–Kier alpha value is -1.35. The minimum absolute atomic E-state index is 0.0850. The van der Waals surface area contributed by atoms with Gasteiger partial charge < -0.3 is 10.6 Å². The number of amides is 1. The van der Waals surface area contributed by atoms with E-state index < -0.39 is 0 Å². The molecule has 1 fully saturated rings. The van der Waals surface area contributed by atoms with Gasteiger partial charge >= 0.3 is 0 Å². The van der Waals surface area contributed by atoms with Gasteiger partial charge in [0.1, 0.15) is 6.04 Å². The second-order valence-corrected chi connectivity index (χ2v) is 3.89. The van der Waals surface area contributed by atoms with Gasteiger partial charge in [0.05, 0.1) is 0 Å². The molecule has 0 saturated carbocycles. The molecule has 2 rings (SSSR count). The molecule has 1 aliphatic heterocycles. The number of aryl methyl sites for hydroxylation is 1. The fraction of sp³-hybridized carbons (Fsp3) is 0.417. The van der Waals surface area contributed by atoms with Crippen LogP contribution in [-0.2, 0) is 4.79 Å². The smallest absolute Gasteiger partial charge is 0.241 e. The van der Waals surface area contributed by atoms with Gasteiger partial charge in [-0.3, -0.25) is 4.79 Å². The van der Waals surface area contributed by atoms with Gasteiger partial charge in [-0.25, -0.2) is 0 Å². The predicted molar refractivity (Wildman–Crippen MR) is 59.5 cm³/mol. The molecule has 3 nitrogen and oxygen atoms in total. The molecule has 15 heavy (non-hydrogen) atoms. The summed E-state index contributed by atoms with van der Waals surface area (Å²) in [4.78, 5) is 11.8. The third-order valence-corrected chi connectivity index (χ3v) is 2.76. The molecule has 0 aromatic heterocycles. The third-order valence-electron chi connectivity index (χ3n) is 2.76. The summed E-state index contributed by atoms with van der Waals surface area (Å²) < 4.78 is 0. The molecule has 0 spiro atoms. The van der Waals surface area contributed by atoms with Crippen LogP contribution in [0.3, 0.4) is 0 Å². The molecule has 0 aliphatic carbocycles. The summed E-state index contributed by atoms with van der Waals surface area (Å²) in [5.41, 5.74) is 2.24. The van der Waals surface area contributed by atoms with Crippen molar-refractivity contribution in [2.75, 3.05) is 13.1 Å². The summed E-state index contributed by atoms with van der Waals surface area (Å²) in [6, 6.07) is 7.83. The van der Waals surface area contributed by atoms with Gasteiger partial charge in [-0.05, 0) is 31.0 Å². The average Bonchev–Trinajstić information content (AvgIpc) is 2.44. The lowest BCUT2D eigenvalue weighted by atomic mass is 10.0. The molecule has 1 aromatic carbocycles. The first kappa shape index (κ1) is 10.2. The van der Waals surface area contributed by atoms with Crippen LogP contribution in [0.1, 0.15) is 23.6 Å². The monoisotopic (exact) mass is 204 g/mol. The minimum Gasteiger partial charge on any atom is -0.354 e. The van der Waals surface area contributed by atoms with Crippen molar-refractivity contribution in [1.82, 2.24) is 10.6 Å². The van der Waals surface area contributed by atoms with Crippen LogP contribution in [0.5, 0.6) is 0 Å². The van der Waals surface area contributed by atoms with Crippen LogP contribution in [0, 0.1) is 6.92 Å². The van der Waals surface area contributed by atoms with Crippen molar-refractivity contribution >= 4 is 5.91 Å². The molecular weight excluding hydrogens is 188 g/mol. The van der Waals surface area contributed by atoms with E-state index in [4.69, 9.17) is 0 Å². The zero-order valence-corrected chi connectivity index (χ0v) is 8.92. The molecule has 1 heterocycles. The zero-order chi connectivity index (χ0) is 10.7. The van der Waals surface area contributed by atoms with Crippen molar-refractivity contribution in [3.63, 3.8) is 0 Å². The summed E-state index contributed by atoms with van der Waals surface area (Å²) in [5.74, 6) is 0.0850. The van der Waals surface area contributed by atoms with Crippen molar-refractivity contribution in [2.45, 2.75) is 19.4 Å². The number of hydrogen-bond donors (Lipinski definition) is 2. The third kappa shape index (κ3) is 2.18. The molecule has 0 bridgehead atoms. The Bertz CT molecular complexity index is 362. The van der Waals surface area contributed by atoms with E-state index in [-0.39, 0.29) is 11.9 Å². The van der Waals surface area contributed by atoms with Crippen molar-refractivity contribution in [3.05, 3.63) is 35.4 Å². The maximum absolute atomic E-state index is 11.8.